The highest BCUT2D eigenvalue weighted by Gasteiger charge is 2.18. The van der Waals surface area contributed by atoms with Crippen LogP contribution in [0.4, 0.5) is 0 Å². The Morgan fingerprint density at radius 3 is 2.41 bits per heavy atom. The topological polar surface area (TPSA) is 66.4 Å². The van der Waals surface area contributed by atoms with E-state index in [1.54, 1.807) is 24.3 Å². The fraction of sp³-hybridized carbons (Fsp3) is 0.417. The van der Waals surface area contributed by atoms with Crippen molar-refractivity contribution < 1.29 is 13.6 Å². The number of nitrogens with one attached hydrogen (secondary N) is 1. The normalized spacial score (nSPS) is 14.4. The second-order valence-corrected chi connectivity index (χ2v) is 5.15. The van der Waals surface area contributed by atoms with Gasteiger partial charge < -0.3 is 9.87 Å². The molecular formula is C12H17NO3S. The van der Waals surface area contributed by atoms with Crippen molar-refractivity contribution in [2.45, 2.75) is 19.9 Å². The van der Waals surface area contributed by atoms with Gasteiger partial charge in [-0.15, -0.1) is 0 Å². The van der Waals surface area contributed by atoms with E-state index in [-0.39, 0.29) is 23.6 Å². The van der Waals surface area contributed by atoms with Crippen molar-refractivity contribution in [1.29, 1.82) is 0 Å². The summed E-state index contributed by atoms with van der Waals surface area (Å²) in [7, 11) is 0. The highest BCUT2D eigenvalue weighted by Crippen LogP contribution is 2.05. The SMILES string of the molecule is CC(C)[C@@H](CS(=O)O)NC(=O)c1ccccc1. The van der Waals surface area contributed by atoms with Crippen LogP contribution >= 0.6 is 0 Å². The minimum Gasteiger partial charge on any atom is -0.348 e. The lowest BCUT2D eigenvalue weighted by atomic mass is 10.1. The largest absolute Gasteiger partial charge is 0.348 e. The highest BCUT2D eigenvalue weighted by atomic mass is 32.2. The van der Waals surface area contributed by atoms with E-state index in [0.717, 1.165) is 0 Å². The van der Waals surface area contributed by atoms with Crippen LogP contribution in [0.5, 0.6) is 0 Å². The van der Waals surface area contributed by atoms with Crippen LogP contribution in [0, 0.1) is 5.92 Å². The van der Waals surface area contributed by atoms with Gasteiger partial charge >= 0.3 is 0 Å². The summed E-state index contributed by atoms with van der Waals surface area (Å²) in [5.74, 6) is -0.0514. The van der Waals surface area contributed by atoms with Gasteiger partial charge in [-0.1, -0.05) is 32.0 Å². The Bertz CT molecular complexity index is 392. The molecule has 0 spiro atoms. The van der Waals surface area contributed by atoms with E-state index in [9.17, 15) is 9.00 Å². The number of benzene rings is 1. The molecule has 2 atom stereocenters. The number of amides is 1. The summed E-state index contributed by atoms with van der Waals surface area (Å²) < 4.78 is 19.7. The van der Waals surface area contributed by atoms with Gasteiger partial charge in [0.1, 0.15) is 0 Å². The molecule has 1 amide bonds. The molecule has 0 saturated heterocycles. The molecule has 1 unspecified atom stereocenters. The number of hydrogen-bond donors (Lipinski definition) is 2. The van der Waals surface area contributed by atoms with Crippen molar-refractivity contribution in [3.63, 3.8) is 0 Å². The third-order valence-corrected chi connectivity index (χ3v) is 3.12. The van der Waals surface area contributed by atoms with Gasteiger partial charge in [-0.05, 0) is 18.1 Å². The zero-order valence-electron chi connectivity index (χ0n) is 9.92. The van der Waals surface area contributed by atoms with Gasteiger partial charge in [0, 0.05) is 11.6 Å². The molecule has 0 radical (unpaired) electrons. The maximum absolute atomic E-state index is 11.8. The Balaban J connectivity index is 2.68. The fourth-order valence-corrected chi connectivity index (χ4v) is 2.17. The second kappa shape index (κ2) is 6.51. The van der Waals surface area contributed by atoms with Crippen LogP contribution < -0.4 is 5.32 Å². The molecule has 0 aliphatic carbocycles. The lowest BCUT2D eigenvalue weighted by molar-refractivity contribution is 0.0931. The van der Waals surface area contributed by atoms with E-state index < -0.39 is 11.1 Å². The first-order chi connectivity index (χ1) is 8.00. The van der Waals surface area contributed by atoms with Gasteiger partial charge in [0.2, 0.25) is 0 Å². The zero-order valence-corrected chi connectivity index (χ0v) is 10.7. The summed E-state index contributed by atoms with van der Waals surface area (Å²) in [5.41, 5.74) is 0.557. The number of carbonyl (C=O) groups is 1. The fourth-order valence-electron chi connectivity index (χ4n) is 1.40. The van der Waals surface area contributed by atoms with Crippen LogP contribution in [-0.2, 0) is 11.1 Å². The molecule has 17 heavy (non-hydrogen) atoms. The lowest BCUT2D eigenvalue weighted by Crippen LogP contribution is -2.42. The van der Waals surface area contributed by atoms with Crippen molar-refractivity contribution in [3.05, 3.63) is 35.9 Å². The van der Waals surface area contributed by atoms with Crippen molar-refractivity contribution in [2.75, 3.05) is 5.75 Å². The number of rotatable bonds is 5. The molecule has 94 valence electrons. The van der Waals surface area contributed by atoms with Gasteiger partial charge in [0.25, 0.3) is 5.91 Å². The lowest BCUT2D eigenvalue weighted by Gasteiger charge is -2.20. The summed E-state index contributed by atoms with van der Waals surface area (Å²) in [5, 5.41) is 2.77. The van der Waals surface area contributed by atoms with E-state index in [4.69, 9.17) is 4.55 Å². The molecule has 0 bridgehead atoms. The van der Waals surface area contributed by atoms with Crippen LogP contribution in [0.25, 0.3) is 0 Å². The number of carbonyl (C=O) groups excluding carboxylic acids is 1. The maximum atomic E-state index is 11.8. The minimum atomic E-state index is -1.90. The summed E-state index contributed by atoms with van der Waals surface area (Å²) in [6.07, 6.45) is 0. The molecule has 0 aromatic heterocycles. The molecule has 4 nitrogen and oxygen atoms in total. The standard InChI is InChI=1S/C12H17NO3S/c1-9(2)11(8-17(15)16)13-12(14)10-6-4-3-5-7-10/h3-7,9,11H,8H2,1-2H3,(H,13,14)(H,15,16)/t11-/m1/s1. The smallest absolute Gasteiger partial charge is 0.251 e. The summed E-state index contributed by atoms with van der Waals surface area (Å²) in [6, 6.07) is 8.52. The molecule has 1 aromatic carbocycles. The summed E-state index contributed by atoms with van der Waals surface area (Å²) >= 11 is -1.90. The first-order valence-corrected chi connectivity index (χ1v) is 6.71. The zero-order chi connectivity index (χ0) is 12.8. The van der Waals surface area contributed by atoms with Crippen LogP contribution in [0.1, 0.15) is 24.2 Å². The van der Waals surface area contributed by atoms with Gasteiger partial charge in [-0.25, -0.2) is 4.21 Å². The van der Waals surface area contributed by atoms with Crippen molar-refractivity contribution in [3.8, 4) is 0 Å². The van der Waals surface area contributed by atoms with Crippen molar-refractivity contribution in [2.24, 2.45) is 5.92 Å². The van der Waals surface area contributed by atoms with E-state index in [1.165, 1.54) is 0 Å². The van der Waals surface area contributed by atoms with E-state index in [1.807, 2.05) is 19.9 Å². The molecule has 0 aliphatic rings. The molecule has 2 N–H and O–H groups in total. The third kappa shape index (κ3) is 4.66. The average molecular weight is 255 g/mol. The van der Waals surface area contributed by atoms with Gasteiger partial charge in [-0.3, -0.25) is 4.79 Å². The molecule has 0 heterocycles. The summed E-state index contributed by atoms with van der Waals surface area (Å²) in [4.78, 5) is 11.8. The van der Waals surface area contributed by atoms with Crippen LogP contribution in [0.3, 0.4) is 0 Å². The Hall–Kier alpha value is -1.20. The van der Waals surface area contributed by atoms with Crippen molar-refractivity contribution in [1.82, 2.24) is 5.32 Å². The monoisotopic (exact) mass is 255 g/mol. The maximum Gasteiger partial charge on any atom is 0.251 e. The second-order valence-electron chi connectivity index (χ2n) is 4.18. The Labute approximate surface area is 104 Å². The molecule has 5 heteroatoms. The van der Waals surface area contributed by atoms with Crippen molar-refractivity contribution >= 4 is 17.0 Å². The van der Waals surface area contributed by atoms with Crippen LogP contribution in [-0.4, -0.2) is 26.5 Å². The van der Waals surface area contributed by atoms with E-state index >= 15 is 0 Å². The van der Waals surface area contributed by atoms with Gasteiger partial charge in [-0.2, -0.15) is 0 Å². The molecule has 0 fully saturated rings. The molecule has 0 saturated carbocycles. The van der Waals surface area contributed by atoms with Crippen LogP contribution in [0.2, 0.25) is 0 Å². The Kier molecular flexibility index (Phi) is 5.31. The molecular weight excluding hydrogens is 238 g/mol. The van der Waals surface area contributed by atoms with Gasteiger partial charge in [0.05, 0.1) is 5.75 Å². The molecule has 0 aliphatic heterocycles. The average Bonchev–Trinajstić information content (AvgIpc) is 2.28. The predicted molar refractivity (Wildman–Crippen MR) is 68.2 cm³/mol. The van der Waals surface area contributed by atoms with E-state index in [0.29, 0.717) is 5.56 Å². The van der Waals surface area contributed by atoms with Crippen LogP contribution in [0.15, 0.2) is 30.3 Å². The van der Waals surface area contributed by atoms with E-state index in [2.05, 4.69) is 5.32 Å². The molecule has 1 rings (SSSR count). The molecule has 1 aromatic rings. The summed E-state index contributed by atoms with van der Waals surface area (Å²) in [6.45, 7) is 3.81. The highest BCUT2D eigenvalue weighted by molar-refractivity contribution is 7.79. The Morgan fingerprint density at radius 2 is 1.94 bits per heavy atom. The number of hydrogen-bond acceptors (Lipinski definition) is 2. The predicted octanol–water partition coefficient (Wildman–Crippen LogP) is 1.66. The van der Waals surface area contributed by atoms with Gasteiger partial charge in [0.15, 0.2) is 11.1 Å². The third-order valence-electron chi connectivity index (χ3n) is 2.48. The Morgan fingerprint density at radius 1 is 1.35 bits per heavy atom. The first-order valence-electron chi connectivity index (χ1n) is 5.44. The first kappa shape index (κ1) is 13.9. The minimum absolute atomic E-state index is 0.0518. The quantitative estimate of drug-likeness (QED) is 0.786.